The van der Waals surface area contributed by atoms with Crippen LogP contribution in [0.2, 0.25) is 0 Å². The Balaban J connectivity index is 1.77. The summed E-state index contributed by atoms with van der Waals surface area (Å²) < 4.78 is 60.0. The lowest BCUT2D eigenvalue weighted by Gasteiger charge is -2.14. The highest BCUT2D eigenvalue weighted by atomic mass is 127. The van der Waals surface area contributed by atoms with Gasteiger partial charge in [0.15, 0.2) is 0 Å². The average Bonchev–Trinajstić information content (AvgIpc) is 3.16. The molecule has 2 aromatic rings. The predicted octanol–water partition coefficient (Wildman–Crippen LogP) is 6.49. The molecule has 0 unspecified atom stereocenters. The molecule has 35 heavy (non-hydrogen) atoms. The maximum atomic E-state index is 13.7. The number of aromatic nitrogens is 2. The van der Waals surface area contributed by atoms with Crippen molar-refractivity contribution in [3.8, 4) is 5.75 Å². The SMILES string of the molecule is C/C(Oc1ccc2c(cnn2CC(C)C)c1)=C(\C=C(/C)F)CNC(=O)C1=CC=CC(C(F)(F)F)=I1. The van der Waals surface area contributed by atoms with Crippen LogP contribution in [0.1, 0.15) is 27.7 Å². The van der Waals surface area contributed by atoms with Crippen molar-refractivity contribution in [2.75, 3.05) is 6.54 Å². The topological polar surface area (TPSA) is 56.1 Å². The van der Waals surface area contributed by atoms with Crippen LogP contribution in [-0.2, 0) is 11.3 Å². The summed E-state index contributed by atoms with van der Waals surface area (Å²) in [6.07, 6.45) is 2.11. The summed E-state index contributed by atoms with van der Waals surface area (Å²) in [5.74, 6) is 0.197. The van der Waals surface area contributed by atoms with Gasteiger partial charge in [-0.05, 0) is 56.2 Å². The third-order valence-electron chi connectivity index (χ3n) is 4.86. The number of carbonyl (C=O) groups is 1. The van der Waals surface area contributed by atoms with Crippen LogP contribution in [-0.4, -0.2) is 31.9 Å². The van der Waals surface area contributed by atoms with Gasteiger partial charge in [0, 0.05) is 24.0 Å². The Labute approximate surface area is 211 Å². The largest absolute Gasteiger partial charge is 0.462 e. The number of alkyl halides is 3. The molecule has 0 saturated carbocycles. The van der Waals surface area contributed by atoms with Gasteiger partial charge in [0.2, 0.25) is 0 Å². The fraction of sp³-hybridized carbons (Fsp3) is 0.320. The molecule has 10 heteroatoms. The first-order valence-electron chi connectivity index (χ1n) is 10.9. The van der Waals surface area contributed by atoms with E-state index in [9.17, 15) is 22.4 Å². The Morgan fingerprint density at radius 2 is 2.03 bits per heavy atom. The van der Waals surface area contributed by atoms with Crippen molar-refractivity contribution >= 4 is 41.0 Å². The van der Waals surface area contributed by atoms with Gasteiger partial charge in [-0.25, -0.2) is 4.39 Å². The summed E-state index contributed by atoms with van der Waals surface area (Å²) in [5.41, 5.74) is 1.33. The van der Waals surface area contributed by atoms with Gasteiger partial charge in [-0.15, -0.1) is 0 Å². The number of ether oxygens (including phenoxy) is 1. The number of carbonyl (C=O) groups excluding carboxylic acids is 1. The molecule has 3 rings (SSSR count). The first-order valence-corrected chi connectivity index (χ1v) is 13.0. The zero-order chi connectivity index (χ0) is 25.8. The Morgan fingerprint density at radius 1 is 1.29 bits per heavy atom. The molecule has 188 valence electrons. The lowest BCUT2D eigenvalue weighted by atomic mass is 10.2. The van der Waals surface area contributed by atoms with Crippen LogP contribution < -0.4 is 10.1 Å². The molecule has 0 saturated heterocycles. The van der Waals surface area contributed by atoms with Crippen LogP contribution in [0.3, 0.4) is 0 Å². The number of halogens is 5. The van der Waals surface area contributed by atoms with E-state index in [4.69, 9.17) is 4.74 Å². The number of rotatable bonds is 8. The highest BCUT2D eigenvalue weighted by molar-refractivity contribution is 14.2. The fourth-order valence-electron chi connectivity index (χ4n) is 3.30. The third-order valence-corrected chi connectivity index (χ3v) is 7.85. The lowest BCUT2D eigenvalue weighted by molar-refractivity contribution is -0.116. The molecule has 1 aromatic heterocycles. The summed E-state index contributed by atoms with van der Waals surface area (Å²) in [4.78, 5) is 12.5. The molecular formula is C25H26F4IN3O2. The molecule has 0 atom stereocenters. The fourth-order valence-corrected chi connectivity index (χ4v) is 5.44. The first-order chi connectivity index (χ1) is 16.4. The Kier molecular flexibility index (Phi) is 8.68. The summed E-state index contributed by atoms with van der Waals surface area (Å²) >= 11 is -1.67. The molecule has 1 aliphatic heterocycles. The van der Waals surface area contributed by atoms with E-state index >= 15 is 0 Å². The summed E-state index contributed by atoms with van der Waals surface area (Å²) in [6.45, 7) is 7.79. The summed E-state index contributed by atoms with van der Waals surface area (Å²) in [5, 5.41) is 7.89. The Bertz CT molecular complexity index is 1260. The number of fused-ring (bicyclic) bond motifs is 1. The number of benzene rings is 1. The van der Waals surface area contributed by atoms with Crippen LogP contribution in [0.4, 0.5) is 17.6 Å². The smallest absolute Gasteiger partial charge is 0.421 e. The van der Waals surface area contributed by atoms with Crippen LogP contribution in [0, 0.1) is 5.92 Å². The van der Waals surface area contributed by atoms with Crippen LogP contribution in [0.25, 0.3) is 10.9 Å². The minimum Gasteiger partial charge on any atom is -0.462 e. The van der Waals surface area contributed by atoms with Crippen LogP contribution >= 0.6 is 20.7 Å². The van der Waals surface area contributed by atoms with Gasteiger partial charge in [0.1, 0.15) is 11.5 Å². The van der Waals surface area contributed by atoms with Gasteiger partial charge in [-0.2, -0.15) is 18.3 Å². The van der Waals surface area contributed by atoms with Gasteiger partial charge in [-0.3, -0.25) is 9.48 Å². The number of nitrogens with zero attached hydrogens (tertiary/aromatic N) is 2. The van der Waals surface area contributed by atoms with E-state index in [1.54, 1.807) is 19.2 Å². The standard InChI is InChI=1S/C25H26F4IN3O2/c1-15(2)14-33-22-9-8-20(11-19(22)13-32-33)35-17(4)18(10-16(3)26)12-31-24(34)21-6-5-7-23(30-21)25(27,28)29/h5-11,13,15H,12,14H2,1-4H3,(H,31,34)/b16-10+,18-17-. The minimum atomic E-state index is -4.46. The minimum absolute atomic E-state index is 0.0846. The van der Waals surface area contributed by atoms with Crippen molar-refractivity contribution < 1.29 is 27.1 Å². The number of hydrogen-bond donors (Lipinski definition) is 1. The van der Waals surface area contributed by atoms with Gasteiger partial charge in [0.25, 0.3) is 5.91 Å². The second kappa shape index (κ2) is 11.3. The van der Waals surface area contributed by atoms with E-state index in [0.717, 1.165) is 23.5 Å². The highest BCUT2D eigenvalue weighted by Gasteiger charge is 2.34. The van der Waals surface area contributed by atoms with Crippen LogP contribution in [0.5, 0.6) is 5.75 Å². The van der Waals surface area contributed by atoms with Crippen LogP contribution in [0.15, 0.2) is 69.4 Å². The van der Waals surface area contributed by atoms with E-state index in [1.807, 2.05) is 16.8 Å². The Morgan fingerprint density at radius 3 is 2.69 bits per heavy atom. The van der Waals surface area contributed by atoms with Gasteiger partial charge in [0.05, 0.1) is 24.6 Å². The third kappa shape index (κ3) is 7.36. The van der Waals surface area contributed by atoms with Gasteiger partial charge < -0.3 is 10.1 Å². The van der Waals surface area contributed by atoms with Crippen molar-refractivity contribution in [2.45, 2.75) is 40.4 Å². The molecule has 0 radical (unpaired) electrons. The molecule has 5 nitrogen and oxygen atoms in total. The molecule has 0 aliphatic carbocycles. The second-order valence-electron chi connectivity index (χ2n) is 8.35. The van der Waals surface area contributed by atoms with E-state index in [0.29, 0.717) is 23.0 Å². The second-order valence-corrected chi connectivity index (χ2v) is 11.2. The maximum Gasteiger partial charge on any atom is 0.421 e. The predicted molar refractivity (Wildman–Crippen MR) is 138 cm³/mol. The molecule has 0 spiro atoms. The molecule has 1 amide bonds. The number of hydrogen-bond acceptors (Lipinski definition) is 3. The van der Waals surface area contributed by atoms with E-state index in [1.165, 1.54) is 25.2 Å². The van der Waals surface area contributed by atoms with E-state index < -0.39 is 42.1 Å². The van der Waals surface area contributed by atoms with Crippen molar-refractivity contribution in [2.24, 2.45) is 5.92 Å². The molecule has 2 heterocycles. The molecule has 1 N–H and O–H groups in total. The monoisotopic (exact) mass is 603 g/mol. The summed E-state index contributed by atoms with van der Waals surface area (Å²) in [6, 6.07) is 5.50. The van der Waals surface area contributed by atoms with Crippen molar-refractivity contribution in [1.29, 1.82) is 0 Å². The first kappa shape index (κ1) is 26.8. The number of nitrogens with one attached hydrogen (secondary N) is 1. The van der Waals surface area contributed by atoms with Crippen molar-refractivity contribution in [3.05, 3.63) is 69.4 Å². The highest BCUT2D eigenvalue weighted by Crippen LogP contribution is 2.31. The molecule has 0 fully saturated rings. The number of allylic oxidation sites excluding steroid dienone is 5. The molecular weight excluding hydrogens is 577 g/mol. The zero-order valence-electron chi connectivity index (χ0n) is 19.7. The molecule has 0 bridgehead atoms. The Hall–Kier alpha value is -2.76. The van der Waals surface area contributed by atoms with Crippen molar-refractivity contribution in [3.63, 3.8) is 0 Å². The van der Waals surface area contributed by atoms with E-state index in [2.05, 4.69) is 24.3 Å². The quantitative estimate of drug-likeness (QED) is 0.163. The molecule has 1 aromatic carbocycles. The molecule has 1 aliphatic rings. The normalized spacial score (nSPS) is 15.4. The maximum absolute atomic E-state index is 13.7. The lowest BCUT2D eigenvalue weighted by Crippen LogP contribution is -2.27. The zero-order valence-corrected chi connectivity index (χ0v) is 21.9. The average molecular weight is 603 g/mol. The number of amides is 1. The summed E-state index contributed by atoms with van der Waals surface area (Å²) in [7, 11) is 0. The van der Waals surface area contributed by atoms with Gasteiger partial charge >= 0.3 is 6.18 Å². The van der Waals surface area contributed by atoms with Gasteiger partial charge in [-0.1, -0.05) is 40.7 Å². The van der Waals surface area contributed by atoms with Crippen molar-refractivity contribution in [1.82, 2.24) is 15.1 Å². The van der Waals surface area contributed by atoms with E-state index in [-0.39, 0.29) is 10.1 Å².